The number of hydrogen-bond acceptors (Lipinski definition) is 5. The second-order valence-electron chi connectivity index (χ2n) is 10.2. The third-order valence-corrected chi connectivity index (χ3v) is 5.49. The molecule has 2 amide bonds. The van der Waals surface area contributed by atoms with E-state index in [9.17, 15) is 14.7 Å². The van der Waals surface area contributed by atoms with E-state index in [1.165, 1.54) is 0 Å². The van der Waals surface area contributed by atoms with Crippen LogP contribution in [-0.4, -0.2) is 55.0 Å². The summed E-state index contributed by atoms with van der Waals surface area (Å²) in [6.07, 6.45) is 1.83. The second-order valence-corrected chi connectivity index (χ2v) is 10.2. The lowest BCUT2D eigenvalue weighted by Gasteiger charge is -2.46. The Morgan fingerprint density at radius 1 is 1.23 bits per heavy atom. The summed E-state index contributed by atoms with van der Waals surface area (Å²) < 4.78 is 7.11. The predicted molar refractivity (Wildman–Crippen MR) is 118 cm³/mol. The maximum atomic E-state index is 12.3. The number of hydrogen-bond donors (Lipinski definition) is 2. The zero-order valence-electron chi connectivity index (χ0n) is 19.4. The summed E-state index contributed by atoms with van der Waals surface area (Å²) >= 11 is 0. The first-order valence-electron chi connectivity index (χ1n) is 10.6. The number of aromatic nitrogens is 3. The summed E-state index contributed by atoms with van der Waals surface area (Å²) in [6, 6.07) is 1.68. The van der Waals surface area contributed by atoms with Crippen molar-refractivity contribution >= 4 is 23.5 Å². The van der Waals surface area contributed by atoms with Crippen molar-refractivity contribution in [2.45, 2.75) is 78.9 Å². The smallest absolute Gasteiger partial charge is 0.412 e. The fraction of sp³-hybridized carbons (Fsp3) is 0.636. The van der Waals surface area contributed by atoms with Crippen molar-refractivity contribution in [2.24, 2.45) is 5.41 Å². The maximum Gasteiger partial charge on any atom is 0.412 e. The minimum Gasteiger partial charge on any atom is -0.465 e. The molecule has 3 rings (SSSR count). The van der Waals surface area contributed by atoms with E-state index >= 15 is 0 Å². The zero-order chi connectivity index (χ0) is 23.1. The molecule has 0 radical (unpaired) electrons. The van der Waals surface area contributed by atoms with Crippen molar-refractivity contribution in [3.63, 3.8) is 0 Å². The molecule has 170 valence electrons. The molecule has 0 saturated carbocycles. The Kier molecular flexibility index (Phi) is 5.90. The normalized spacial score (nSPS) is 20.0. The number of carbonyl (C=O) groups is 2. The van der Waals surface area contributed by atoms with Gasteiger partial charge in [-0.05, 0) is 52.0 Å². The van der Waals surface area contributed by atoms with Crippen LogP contribution in [0.2, 0.25) is 0 Å². The highest BCUT2D eigenvalue weighted by Gasteiger charge is 2.43. The van der Waals surface area contributed by atoms with Crippen molar-refractivity contribution in [3.8, 4) is 0 Å². The number of likely N-dealkylation sites (tertiary alicyclic amines) is 1. The molecule has 1 aliphatic heterocycles. The van der Waals surface area contributed by atoms with Gasteiger partial charge >= 0.3 is 12.2 Å². The van der Waals surface area contributed by atoms with Gasteiger partial charge in [0.2, 0.25) is 0 Å². The van der Waals surface area contributed by atoms with Gasteiger partial charge in [-0.2, -0.15) is 5.10 Å². The lowest BCUT2D eigenvalue weighted by Crippen LogP contribution is -2.53. The molecule has 0 spiro atoms. The number of aryl methyl sites for hydroxylation is 1. The van der Waals surface area contributed by atoms with Crippen LogP contribution in [0.3, 0.4) is 0 Å². The molecule has 9 nitrogen and oxygen atoms in total. The summed E-state index contributed by atoms with van der Waals surface area (Å²) in [5.74, 6) is -0.0518. The van der Waals surface area contributed by atoms with E-state index in [4.69, 9.17) is 4.74 Å². The first-order valence-corrected chi connectivity index (χ1v) is 10.6. The quantitative estimate of drug-likeness (QED) is 0.716. The number of piperidine rings is 1. The zero-order valence-corrected chi connectivity index (χ0v) is 19.4. The van der Waals surface area contributed by atoms with Crippen LogP contribution in [-0.2, 0) is 4.74 Å². The van der Waals surface area contributed by atoms with E-state index in [0.717, 1.165) is 18.5 Å². The Balaban J connectivity index is 2.05. The Labute approximate surface area is 182 Å². The molecule has 31 heavy (non-hydrogen) atoms. The highest BCUT2D eigenvalue weighted by molar-refractivity contribution is 5.90. The third-order valence-electron chi connectivity index (χ3n) is 5.49. The summed E-state index contributed by atoms with van der Waals surface area (Å²) in [5.41, 5.74) is 1.62. The highest BCUT2D eigenvalue weighted by Crippen LogP contribution is 2.42. The number of carboxylic acid groups (broad SMARTS) is 1. The summed E-state index contributed by atoms with van der Waals surface area (Å²) in [5, 5.41) is 17.2. The SMILES string of the molecule is Cc1nn2c(C3CCCN(C(=O)O)C3C(C)(C)C)ccnc2c1NC(=O)OC(C)(C)C. The van der Waals surface area contributed by atoms with Crippen molar-refractivity contribution in [2.75, 3.05) is 11.9 Å². The minimum absolute atomic E-state index is 0.0518. The second kappa shape index (κ2) is 8.01. The van der Waals surface area contributed by atoms with Gasteiger partial charge in [-0.3, -0.25) is 5.32 Å². The topological polar surface area (TPSA) is 109 Å². The number of rotatable bonds is 2. The first-order chi connectivity index (χ1) is 14.3. The van der Waals surface area contributed by atoms with Gasteiger partial charge in [-0.25, -0.2) is 19.1 Å². The number of carbonyl (C=O) groups excluding carboxylic acids is 1. The molecule has 0 aliphatic carbocycles. The Morgan fingerprint density at radius 2 is 1.90 bits per heavy atom. The van der Waals surface area contributed by atoms with Crippen molar-refractivity contribution in [1.29, 1.82) is 0 Å². The molecule has 2 N–H and O–H groups in total. The molecule has 1 fully saturated rings. The lowest BCUT2D eigenvalue weighted by atomic mass is 9.73. The molecule has 1 aliphatic rings. The van der Waals surface area contributed by atoms with Crippen LogP contribution in [0.4, 0.5) is 15.3 Å². The molecular weight excluding hydrogens is 398 g/mol. The number of ether oxygens (including phenoxy) is 1. The fourth-order valence-electron chi connectivity index (χ4n) is 4.49. The minimum atomic E-state index is -0.904. The van der Waals surface area contributed by atoms with Gasteiger partial charge < -0.3 is 14.7 Å². The van der Waals surface area contributed by atoms with Crippen molar-refractivity contribution in [1.82, 2.24) is 19.5 Å². The molecule has 2 aromatic heterocycles. The van der Waals surface area contributed by atoms with E-state index in [1.54, 1.807) is 43.3 Å². The van der Waals surface area contributed by atoms with Gasteiger partial charge in [-0.1, -0.05) is 20.8 Å². The Hall–Kier alpha value is -2.84. The van der Waals surface area contributed by atoms with Crippen LogP contribution in [0.1, 0.15) is 71.7 Å². The molecule has 2 unspecified atom stereocenters. The van der Waals surface area contributed by atoms with Crippen LogP contribution in [0, 0.1) is 12.3 Å². The lowest BCUT2D eigenvalue weighted by molar-refractivity contribution is 0.0442. The largest absolute Gasteiger partial charge is 0.465 e. The Bertz CT molecular complexity index is 986. The van der Waals surface area contributed by atoms with Crippen LogP contribution >= 0.6 is 0 Å². The van der Waals surface area contributed by atoms with Gasteiger partial charge in [0.05, 0.1) is 11.4 Å². The van der Waals surface area contributed by atoms with E-state index in [2.05, 4.69) is 36.2 Å². The van der Waals surface area contributed by atoms with Gasteiger partial charge in [0.1, 0.15) is 11.3 Å². The number of fused-ring (bicyclic) bond motifs is 1. The molecule has 1 saturated heterocycles. The third kappa shape index (κ3) is 4.75. The summed E-state index contributed by atoms with van der Waals surface area (Å²) in [7, 11) is 0. The molecule has 0 aromatic carbocycles. The van der Waals surface area contributed by atoms with E-state index < -0.39 is 17.8 Å². The monoisotopic (exact) mass is 431 g/mol. The molecule has 9 heteroatoms. The molecular formula is C22H33N5O4. The highest BCUT2D eigenvalue weighted by atomic mass is 16.6. The molecule has 2 aromatic rings. The van der Waals surface area contributed by atoms with E-state index in [1.807, 2.05) is 6.07 Å². The van der Waals surface area contributed by atoms with Gasteiger partial charge in [0.15, 0.2) is 5.65 Å². The predicted octanol–water partition coefficient (Wildman–Crippen LogP) is 4.66. The number of nitrogens with one attached hydrogen (secondary N) is 1. The average molecular weight is 432 g/mol. The molecule has 0 bridgehead atoms. The molecule has 2 atom stereocenters. The van der Waals surface area contributed by atoms with Gasteiger partial charge in [0, 0.05) is 24.7 Å². The van der Waals surface area contributed by atoms with E-state index in [-0.39, 0.29) is 17.4 Å². The van der Waals surface area contributed by atoms with Crippen molar-refractivity contribution in [3.05, 3.63) is 23.7 Å². The van der Waals surface area contributed by atoms with Crippen LogP contribution in [0.15, 0.2) is 12.3 Å². The van der Waals surface area contributed by atoms with Crippen LogP contribution in [0.5, 0.6) is 0 Å². The van der Waals surface area contributed by atoms with Crippen molar-refractivity contribution < 1.29 is 19.4 Å². The van der Waals surface area contributed by atoms with Crippen LogP contribution in [0.25, 0.3) is 5.65 Å². The van der Waals surface area contributed by atoms with Gasteiger partial charge in [-0.15, -0.1) is 0 Å². The average Bonchev–Trinajstić information content (AvgIpc) is 2.94. The number of amides is 2. The number of nitrogens with zero attached hydrogens (tertiary/aromatic N) is 4. The van der Waals surface area contributed by atoms with E-state index in [0.29, 0.717) is 23.6 Å². The number of anilines is 1. The van der Waals surface area contributed by atoms with Gasteiger partial charge in [0.25, 0.3) is 0 Å². The van der Waals surface area contributed by atoms with Crippen LogP contribution < -0.4 is 5.32 Å². The summed E-state index contributed by atoms with van der Waals surface area (Å²) in [4.78, 5) is 30.3. The standard InChI is InChI=1S/C22H33N5O4/c1-13-16(24-19(28)31-22(5,6)7)18-23-11-10-15(27(18)25-13)14-9-8-12-26(20(29)30)17(14)21(2,3)4/h10-11,14,17H,8-9,12H2,1-7H3,(H,24,28)(H,29,30). The molecule has 3 heterocycles. The summed E-state index contributed by atoms with van der Waals surface area (Å²) in [6.45, 7) is 13.9. The fourth-order valence-corrected chi connectivity index (χ4v) is 4.49. The maximum absolute atomic E-state index is 12.3. The Morgan fingerprint density at radius 3 is 2.48 bits per heavy atom. The first kappa shape index (κ1) is 22.8.